The van der Waals surface area contributed by atoms with Crippen LogP contribution in [0.1, 0.15) is 56.2 Å². The summed E-state index contributed by atoms with van der Waals surface area (Å²) in [6.07, 6.45) is 6.74. The summed E-state index contributed by atoms with van der Waals surface area (Å²) < 4.78 is 10.4. The maximum atomic E-state index is 12.7. The number of nitrogens with one attached hydrogen (secondary N) is 2. The van der Waals surface area contributed by atoms with Crippen molar-refractivity contribution in [2.45, 2.75) is 52.6 Å². The number of hydrogen-bond acceptors (Lipinski definition) is 4. The molecule has 2 N–H and O–H groups in total. The molecule has 2 amide bonds. The summed E-state index contributed by atoms with van der Waals surface area (Å²) in [6.45, 7) is 10.4. The minimum atomic E-state index is -0.182. The fourth-order valence-electron chi connectivity index (χ4n) is 3.33. The van der Waals surface area contributed by atoms with E-state index in [0.29, 0.717) is 24.4 Å². The lowest BCUT2D eigenvalue weighted by Gasteiger charge is -2.22. The summed E-state index contributed by atoms with van der Waals surface area (Å²) in [5, 5.41) is 3.05. The normalized spacial score (nSPS) is 12.1. The molecule has 0 saturated heterocycles. The Morgan fingerprint density at radius 1 is 1.21 bits per heavy atom. The Balaban J connectivity index is 1.81. The minimum absolute atomic E-state index is 0.0443. The topological polar surface area (TPSA) is 80.1 Å². The van der Waals surface area contributed by atoms with Crippen LogP contribution in [-0.4, -0.2) is 48.9 Å². The molecule has 0 aliphatic rings. The van der Waals surface area contributed by atoms with E-state index in [9.17, 15) is 9.59 Å². The molecule has 0 bridgehead atoms. The summed E-state index contributed by atoms with van der Waals surface area (Å²) >= 11 is 0. The quantitative estimate of drug-likeness (QED) is 0.536. The van der Waals surface area contributed by atoms with Crippen LogP contribution in [0.15, 0.2) is 45.8 Å². The maximum absolute atomic E-state index is 12.7. The Hall–Kier alpha value is -2.54. The van der Waals surface area contributed by atoms with Crippen molar-refractivity contribution < 1.29 is 23.3 Å². The molecule has 160 valence electrons. The van der Waals surface area contributed by atoms with Gasteiger partial charge in [0.2, 0.25) is 5.91 Å². The van der Waals surface area contributed by atoms with Crippen molar-refractivity contribution in [3.8, 4) is 0 Å². The standard InChI is InChI=1S/C22H33N3O4/c1-4-24(5-2)12-6-8-18(3)23-21(26)10-13-25(16-20-9-7-14-29-20)22(27)19-11-15-28-17-19/h7,9,11,14-15,17-18H,4-6,8,10,12-13,16H2,1-3H3,(H,23,26)/p+1/t18-/m1/s1. The van der Waals surface area contributed by atoms with Gasteiger partial charge < -0.3 is 24.0 Å². The molecule has 2 rings (SSSR count). The third kappa shape index (κ3) is 7.77. The highest BCUT2D eigenvalue weighted by atomic mass is 16.3. The van der Waals surface area contributed by atoms with E-state index in [-0.39, 0.29) is 24.3 Å². The van der Waals surface area contributed by atoms with Gasteiger partial charge in [-0.1, -0.05) is 0 Å². The molecule has 2 heterocycles. The number of hydrogen-bond donors (Lipinski definition) is 2. The molecular weight excluding hydrogens is 370 g/mol. The number of furan rings is 2. The second-order valence-corrected chi connectivity index (χ2v) is 7.39. The molecule has 0 aromatic carbocycles. The van der Waals surface area contributed by atoms with Crippen molar-refractivity contribution in [2.75, 3.05) is 26.2 Å². The molecule has 0 fully saturated rings. The Kier molecular flexibility index (Phi) is 9.50. The molecule has 0 saturated carbocycles. The van der Waals surface area contributed by atoms with Crippen molar-refractivity contribution in [3.63, 3.8) is 0 Å². The molecule has 2 aromatic rings. The SMILES string of the molecule is CC[NH+](CC)CCC[C@@H](C)NC(=O)CCN(Cc1ccco1)C(=O)c1ccoc1. The monoisotopic (exact) mass is 404 g/mol. The van der Waals surface area contributed by atoms with Gasteiger partial charge in [0, 0.05) is 19.0 Å². The lowest BCUT2D eigenvalue weighted by molar-refractivity contribution is -0.896. The molecule has 0 aliphatic carbocycles. The van der Waals surface area contributed by atoms with Gasteiger partial charge in [-0.15, -0.1) is 0 Å². The zero-order valence-corrected chi connectivity index (χ0v) is 17.8. The molecule has 0 radical (unpaired) electrons. The van der Waals surface area contributed by atoms with Crippen molar-refractivity contribution in [1.82, 2.24) is 10.2 Å². The second-order valence-electron chi connectivity index (χ2n) is 7.39. The van der Waals surface area contributed by atoms with Gasteiger partial charge in [-0.2, -0.15) is 0 Å². The van der Waals surface area contributed by atoms with Gasteiger partial charge in [-0.05, 0) is 51.8 Å². The number of carbonyl (C=O) groups is 2. The van der Waals surface area contributed by atoms with Gasteiger partial charge >= 0.3 is 0 Å². The van der Waals surface area contributed by atoms with Crippen LogP contribution in [0, 0.1) is 0 Å². The summed E-state index contributed by atoms with van der Waals surface area (Å²) in [7, 11) is 0. The molecule has 0 spiro atoms. The fraction of sp³-hybridized carbons (Fsp3) is 0.545. The van der Waals surface area contributed by atoms with E-state index in [1.54, 1.807) is 28.2 Å². The number of rotatable bonds is 13. The summed E-state index contributed by atoms with van der Waals surface area (Å²) in [6, 6.07) is 5.35. The molecular formula is C22H34N3O4+. The third-order valence-corrected chi connectivity index (χ3v) is 5.17. The lowest BCUT2D eigenvalue weighted by atomic mass is 10.1. The van der Waals surface area contributed by atoms with Gasteiger partial charge in [-0.25, -0.2) is 0 Å². The van der Waals surface area contributed by atoms with Gasteiger partial charge in [0.1, 0.15) is 12.0 Å². The Labute approximate surface area is 173 Å². The number of amides is 2. The smallest absolute Gasteiger partial charge is 0.257 e. The van der Waals surface area contributed by atoms with E-state index in [1.165, 1.54) is 12.5 Å². The zero-order chi connectivity index (χ0) is 21.1. The average molecular weight is 405 g/mol. The predicted octanol–water partition coefficient (Wildman–Crippen LogP) is 2.11. The molecule has 29 heavy (non-hydrogen) atoms. The summed E-state index contributed by atoms with van der Waals surface area (Å²) in [5.74, 6) is 0.449. The van der Waals surface area contributed by atoms with Crippen LogP contribution in [0.3, 0.4) is 0 Å². The Morgan fingerprint density at radius 2 is 2.00 bits per heavy atom. The lowest BCUT2D eigenvalue weighted by Crippen LogP contribution is -3.11. The van der Waals surface area contributed by atoms with Gasteiger partial charge in [0.25, 0.3) is 5.91 Å². The Bertz CT molecular complexity index is 709. The first-order valence-electron chi connectivity index (χ1n) is 10.5. The van der Waals surface area contributed by atoms with Crippen LogP contribution < -0.4 is 10.2 Å². The molecule has 1 atom stereocenters. The summed E-state index contributed by atoms with van der Waals surface area (Å²) in [5.41, 5.74) is 0.462. The van der Waals surface area contributed by atoms with Crippen molar-refractivity contribution >= 4 is 11.8 Å². The number of nitrogens with zero attached hydrogens (tertiary/aromatic N) is 1. The van der Waals surface area contributed by atoms with Gasteiger partial charge in [-0.3, -0.25) is 9.59 Å². The van der Waals surface area contributed by atoms with E-state index >= 15 is 0 Å². The largest absolute Gasteiger partial charge is 0.472 e. The van der Waals surface area contributed by atoms with Crippen molar-refractivity contribution in [1.29, 1.82) is 0 Å². The van der Waals surface area contributed by atoms with Crippen molar-refractivity contribution in [3.05, 3.63) is 48.3 Å². The van der Waals surface area contributed by atoms with Crippen LogP contribution in [0.5, 0.6) is 0 Å². The van der Waals surface area contributed by atoms with Crippen LogP contribution in [-0.2, 0) is 11.3 Å². The van der Waals surface area contributed by atoms with E-state index in [0.717, 1.165) is 32.5 Å². The van der Waals surface area contributed by atoms with Gasteiger partial charge in [0.05, 0.1) is 44.3 Å². The number of carbonyl (C=O) groups excluding carboxylic acids is 2. The summed E-state index contributed by atoms with van der Waals surface area (Å²) in [4.78, 5) is 28.3. The van der Waals surface area contributed by atoms with E-state index < -0.39 is 0 Å². The minimum Gasteiger partial charge on any atom is -0.472 e. The highest BCUT2D eigenvalue weighted by molar-refractivity contribution is 5.94. The highest BCUT2D eigenvalue weighted by Gasteiger charge is 2.20. The van der Waals surface area contributed by atoms with E-state index in [1.807, 2.05) is 13.0 Å². The van der Waals surface area contributed by atoms with Crippen LogP contribution in [0.4, 0.5) is 0 Å². The molecule has 2 aromatic heterocycles. The first-order valence-corrected chi connectivity index (χ1v) is 10.5. The van der Waals surface area contributed by atoms with E-state index in [4.69, 9.17) is 8.83 Å². The maximum Gasteiger partial charge on any atom is 0.257 e. The fourth-order valence-corrected chi connectivity index (χ4v) is 3.33. The zero-order valence-electron chi connectivity index (χ0n) is 17.8. The molecule has 0 aliphatic heterocycles. The molecule has 7 nitrogen and oxygen atoms in total. The van der Waals surface area contributed by atoms with E-state index in [2.05, 4.69) is 19.2 Å². The van der Waals surface area contributed by atoms with Crippen LogP contribution in [0.2, 0.25) is 0 Å². The van der Waals surface area contributed by atoms with Crippen LogP contribution in [0.25, 0.3) is 0 Å². The van der Waals surface area contributed by atoms with Gasteiger partial charge in [0.15, 0.2) is 0 Å². The first-order chi connectivity index (χ1) is 14.0. The predicted molar refractivity (Wildman–Crippen MR) is 111 cm³/mol. The second kappa shape index (κ2) is 12.1. The Morgan fingerprint density at radius 3 is 2.62 bits per heavy atom. The molecule has 0 unspecified atom stereocenters. The number of quaternary nitrogens is 1. The first kappa shape index (κ1) is 22.7. The average Bonchev–Trinajstić information content (AvgIpc) is 3.42. The van der Waals surface area contributed by atoms with Crippen LogP contribution >= 0.6 is 0 Å². The highest BCUT2D eigenvalue weighted by Crippen LogP contribution is 2.12. The third-order valence-electron chi connectivity index (χ3n) is 5.17. The van der Waals surface area contributed by atoms with Crippen molar-refractivity contribution in [2.24, 2.45) is 0 Å². The molecule has 7 heteroatoms.